The first-order valence-electron chi connectivity index (χ1n) is 9.30. The zero-order valence-corrected chi connectivity index (χ0v) is 18.1. The Morgan fingerprint density at radius 2 is 1.93 bits per heavy atom. The van der Waals surface area contributed by atoms with E-state index in [1.807, 2.05) is 12.1 Å². The minimum atomic E-state index is -3.28. The summed E-state index contributed by atoms with van der Waals surface area (Å²) in [5.41, 5.74) is 2.69. The monoisotopic (exact) mass is 418 g/mol. The Labute approximate surface area is 170 Å². The van der Waals surface area contributed by atoms with Crippen LogP contribution in [-0.2, 0) is 22.9 Å². The maximum Gasteiger partial charge on any atom is 0.178 e. The van der Waals surface area contributed by atoms with Crippen LogP contribution in [0, 0.1) is 0 Å². The Balaban J connectivity index is 1.85. The number of nitrogens with zero attached hydrogens (tertiary/aromatic N) is 1. The van der Waals surface area contributed by atoms with Gasteiger partial charge in [-0.25, -0.2) is 8.42 Å². The number of ether oxygens (including phenoxy) is 1. The third kappa shape index (κ3) is 4.66. The van der Waals surface area contributed by atoms with Crippen molar-refractivity contribution in [2.24, 2.45) is 0 Å². The first-order valence-corrected chi connectivity index (χ1v) is 11.8. The molecule has 0 fully saturated rings. The smallest absolute Gasteiger partial charge is 0.178 e. The van der Waals surface area contributed by atoms with Gasteiger partial charge in [-0.05, 0) is 48.3 Å². The minimum Gasteiger partial charge on any atom is -0.496 e. The first-order chi connectivity index (χ1) is 13.5. The van der Waals surface area contributed by atoms with Gasteiger partial charge in [0.15, 0.2) is 9.84 Å². The van der Waals surface area contributed by atoms with Gasteiger partial charge in [-0.1, -0.05) is 19.9 Å². The van der Waals surface area contributed by atoms with Crippen LogP contribution >= 0.6 is 11.3 Å². The van der Waals surface area contributed by atoms with E-state index >= 15 is 0 Å². The van der Waals surface area contributed by atoms with Gasteiger partial charge < -0.3 is 9.72 Å². The molecule has 0 spiro atoms. The molecule has 0 amide bonds. The topological polar surface area (TPSA) is 62.4 Å². The van der Waals surface area contributed by atoms with Gasteiger partial charge in [-0.15, -0.1) is 11.3 Å². The van der Waals surface area contributed by atoms with Crippen molar-refractivity contribution >= 4 is 21.2 Å². The van der Waals surface area contributed by atoms with Gasteiger partial charge in [0.25, 0.3) is 0 Å². The number of H-pyrrole nitrogens is 1. The molecule has 5 nitrogen and oxygen atoms in total. The van der Waals surface area contributed by atoms with E-state index in [0.717, 1.165) is 36.6 Å². The summed E-state index contributed by atoms with van der Waals surface area (Å²) in [6.07, 6.45) is 0. The molecule has 3 aromatic rings. The lowest BCUT2D eigenvalue weighted by atomic mass is 10.1. The lowest BCUT2D eigenvalue weighted by Crippen LogP contribution is -2.21. The molecule has 150 valence electrons. The summed E-state index contributed by atoms with van der Waals surface area (Å²) < 4.78 is 30.0. The van der Waals surface area contributed by atoms with Crippen LogP contribution in [0.25, 0.3) is 11.3 Å². The molecule has 3 rings (SSSR count). The summed E-state index contributed by atoms with van der Waals surface area (Å²) in [4.78, 5) is 7.45. The predicted octanol–water partition coefficient (Wildman–Crippen LogP) is 4.57. The summed E-state index contributed by atoms with van der Waals surface area (Å²) in [6, 6.07) is 13.3. The summed E-state index contributed by atoms with van der Waals surface area (Å²) >= 11 is 1.76. The number of nitrogens with one attached hydrogen (secondary N) is 1. The molecule has 0 saturated heterocycles. The van der Waals surface area contributed by atoms with Crippen LogP contribution in [0.2, 0.25) is 0 Å². The van der Waals surface area contributed by atoms with E-state index in [1.54, 1.807) is 43.6 Å². The number of rotatable bonds is 9. The maximum atomic E-state index is 12.3. The zero-order valence-electron chi connectivity index (χ0n) is 16.4. The number of hydrogen-bond acceptors (Lipinski definition) is 5. The number of aromatic nitrogens is 1. The van der Waals surface area contributed by atoms with Crippen molar-refractivity contribution in [2.45, 2.75) is 31.8 Å². The summed E-state index contributed by atoms with van der Waals surface area (Å²) in [6.45, 7) is 6.46. The molecule has 0 aliphatic heterocycles. The molecule has 2 heterocycles. The van der Waals surface area contributed by atoms with Crippen LogP contribution < -0.4 is 4.74 Å². The highest BCUT2D eigenvalue weighted by atomic mass is 32.2. The molecule has 1 aromatic carbocycles. The largest absolute Gasteiger partial charge is 0.496 e. The molecule has 0 saturated carbocycles. The fourth-order valence-corrected chi connectivity index (χ4v) is 4.74. The number of sulfone groups is 1. The van der Waals surface area contributed by atoms with Gasteiger partial charge in [0.1, 0.15) is 5.75 Å². The lowest BCUT2D eigenvalue weighted by molar-refractivity contribution is 0.271. The van der Waals surface area contributed by atoms with Crippen LogP contribution in [-0.4, -0.2) is 37.7 Å². The molecule has 0 aliphatic carbocycles. The second-order valence-electron chi connectivity index (χ2n) is 6.55. The molecule has 0 atom stereocenters. The van der Waals surface area contributed by atoms with E-state index in [9.17, 15) is 8.42 Å². The summed E-state index contributed by atoms with van der Waals surface area (Å²) in [5.74, 6) is 0.720. The molecular weight excluding hydrogens is 392 g/mol. The molecule has 1 N–H and O–H groups in total. The normalized spacial score (nSPS) is 11.9. The second kappa shape index (κ2) is 8.94. The molecule has 0 unspecified atom stereocenters. The summed E-state index contributed by atoms with van der Waals surface area (Å²) in [7, 11) is -1.68. The van der Waals surface area contributed by atoms with E-state index in [2.05, 4.69) is 34.3 Å². The molecule has 7 heteroatoms. The van der Waals surface area contributed by atoms with Gasteiger partial charge in [0, 0.05) is 34.9 Å². The fourth-order valence-electron chi connectivity index (χ4n) is 3.09. The number of thiophene rings is 1. The van der Waals surface area contributed by atoms with Gasteiger partial charge in [-0.3, -0.25) is 4.90 Å². The van der Waals surface area contributed by atoms with Crippen LogP contribution in [0.1, 0.15) is 24.4 Å². The van der Waals surface area contributed by atoms with Crippen molar-refractivity contribution in [3.63, 3.8) is 0 Å². The average molecular weight is 419 g/mol. The number of aromatic amines is 1. The first kappa shape index (κ1) is 20.6. The molecule has 0 bridgehead atoms. The van der Waals surface area contributed by atoms with E-state index < -0.39 is 9.84 Å². The fraction of sp³-hybridized carbons (Fsp3) is 0.333. The zero-order chi connectivity index (χ0) is 20.1. The quantitative estimate of drug-likeness (QED) is 0.553. The van der Waals surface area contributed by atoms with Crippen molar-refractivity contribution < 1.29 is 13.2 Å². The van der Waals surface area contributed by atoms with Crippen LogP contribution in [0.5, 0.6) is 5.75 Å². The Hall–Kier alpha value is -2.09. The van der Waals surface area contributed by atoms with Crippen molar-refractivity contribution in [1.29, 1.82) is 0 Å². The van der Waals surface area contributed by atoms with Crippen molar-refractivity contribution in [3.8, 4) is 17.0 Å². The average Bonchev–Trinajstić information content (AvgIpc) is 3.39. The summed E-state index contributed by atoms with van der Waals surface area (Å²) in [5, 5.41) is 2.10. The third-order valence-corrected chi connectivity index (χ3v) is 7.34. The van der Waals surface area contributed by atoms with Gasteiger partial charge in [-0.2, -0.15) is 0 Å². The van der Waals surface area contributed by atoms with Crippen LogP contribution in [0.4, 0.5) is 0 Å². The molecular formula is C21H26N2O3S2. The van der Waals surface area contributed by atoms with Gasteiger partial charge in [0.2, 0.25) is 0 Å². The molecule has 28 heavy (non-hydrogen) atoms. The highest BCUT2D eigenvalue weighted by molar-refractivity contribution is 7.91. The Morgan fingerprint density at radius 3 is 2.57 bits per heavy atom. The highest BCUT2D eigenvalue weighted by Gasteiger charge is 2.17. The van der Waals surface area contributed by atoms with Crippen LogP contribution in [0.3, 0.4) is 0 Å². The Kier molecular flexibility index (Phi) is 6.59. The maximum absolute atomic E-state index is 12.3. The second-order valence-corrected chi connectivity index (χ2v) is 9.86. The standard InChI is InChI=1S/C21H26N2O3S2/c1-4-23(15-17-7-6-12-27-17)14-16-8-10-20(22-16)19-13-18(28(24,25)5-2)9-11-21(19)26-3/h6-13,22H,4-5,14-15H2,1-3H3. The Bertz CT molecular complexity index is 1010. The SMILES string of the molecule is CCN(Cc1ccc(-c2cc(S(=O)(=O)CC)ccc2OC)[nH]1)Cc1cccs1. The van der Waals surface area contributed by atoms with Crippen molar-refractivity contribution in [3.05, 3.63) is 58.4 Å². The van der Waals surface area contributed by atoms with E-state index in [0.29, 0.717) is 10.6 Å². The van der Waals surface area contributed by atoms with Gasteiger partial charge in [0.05, 0.1) is 17.8 Å². The van der Waals surface area contributed by atoms with Crippen molar-refractivity contribution in [1.82, 2.24) is 9.88 Å². The molecule has 0 aliphatic rings. The predicted molar refractivity (Wildman–Crippen MR) is 115 cm³/mol. The number of methoxy groups -OCH3 is 1. The van der Waals surface area contributed by atoms with Gasteiger partial charge >= 0.3 is 0 Å². The van der Waals surface area contributed by atoms with E-state index in [-0.39, 0.29) is 5.75 Å². The van der Waals surface area contributed by atoms with E-state index in [1.165, 1.54) is 4.88 Å². The lowest BCUT2D eigenvalue weighted by Gasteiger charge is -2.18. The number of benzene rings is 1. The van der Waals surface area contributed by atoms with Crippen LogP contribution in [0.15, 0.2) is 52.7 Å². The van der Waals surface area contributed by atoms with Crippen molar-refractivity contribution in [2.75, 3.05) is 19.4 Å². The highest BCUT2D eigenvalue weighted by Crippen LogP contribution is 2.32. The third-order valence-electron chi connectivity index (χ3n) is 4.75. The molecule has 0 radical (unpaired) electrons. The number of hydrogen-bond donors (Lipinski definition) is 1. The Morgan fingerprint density at radius 1 is 1.11 bits per heavy atom. The minimum absolute atomic E-state index is 0.0723. The van der Waals surface area contributed by atoms with E-state index in [4.69, 9.17) is 4.74 Å². The molecule has 2 aromatic heterocycles.